The van der Waals surface area contributed by atoms with Gasteiger partial charge in [-0.25, -0.2) is 4.79 Å². The second kappa shape index (κ2) is 8.71. The summed E-state index contributed by atoms with van der Waals surface area (Å²) in [4.78, 5) is 16.1. The number of carbonyl (C=O) groups is 1. The predicted molar refractivity (Wildman–Crippen MR) is 116 cm³/mol. The molecule has 148 valence electrons. The molecule has 0 saturated heterocycles. The van der Waals surface area contributed by atoms with Crippen molar-refractivity contribution in [2.75, 3.05) is 34.3 Å². The average Bonchev–Trinajstić information content (AvgIpc) is 2.69. The van der Waals surface area contributed by atoms with Gasteiger partial charge in [0.25, 0.3) is 0 Å². The first-order valence-corrected chi connectivity index (χ1v) is 9.98. The first-order chi connectivity index (χ1) is 13.4. The fourth-order valence-electron chi connectivity index (χ4n) is 3.65. The molecule has 0 fully saturated rings. The maximum absolute atomic E-state index is 12.7. The molecule has 3 rings (SSSR count). The molecule has 28 heavy (non-hydrogen) atoms. The van der Waals surface area contributed by atoms with Crippen LogP contribution in [0, 0.1) is 0 Å². The van der Waals surface area contributed by atoms with Crippen LogP contribution in [0.5, 0.6) is 0 Å². The number of nitrogens with zero attached hydrogens (tertiary/aromatic N) is 1. The number of fused-ring (bicyclic) bond motifs is 1. The van der Waals surface area contributed by atoms with E-state index < -0.39 is 0 Å². The van der Waals surface area contributed by atoms with Crippen molar-refractivity contribution in [2.24, 2.45) is 0 Å². The number of allylic oxidation sites excluding steroid dienone is 1. The molecule has 2 aromatic carbocycles. The number of quaternary nitrogens is 1. The van der Waals surface area contributed by atoms with E-state index in [0.717, 1.165) is 41.5 Å². The zero-order valence-electron chi connectivity index (χ0n) is 16.9. The average molecular weight is 399 g/mol. The van der Waals surface area contributed by atoms with Gasteiger partial charge in [-0.15, -0.1) is 0 Å². The van der Waals surface area contributed by atoms with Crippen molar-refractivity contribution in [1.82, 2.24) is 10.2 Å². The number of ether oxygens (including phenoxy) is 1. The number of carbonyl (C=O) groups excluding carboxylic acids is 1. The predicted octanol–water partition coefficient (Wildman–Crippen LogP) is 2.05. The van der Waals surface area contributed by atoms with Gasteiger partial charge in [0.05, 0.1) is 39.4 Å². The van der Waals surface area contributed by atoms with Gasteiger partial charge in [-0.3, -0.25) is 0 Å². The number of thiocarbonyl (C=S) groups is 1. The lowest BCUT2D eigenvalue weighted by atomic mass is 9.93. The standard InChI is InChI=1S/C22H27N3O2S/c1-15-19(21(26)27-4)20(23-22(28)25(15)13-7-12-24(2)3)18-11-10-16-8-5-6-9-17(16)14-18/h5-6,8-11,14,20H,7,12-13H2,1-4H3,(H,23,28)/p+1/t20-/m0/s1. The Balaban J connectivity index is 1.98. The van der Waals surface area contributed by atoms with Crippen LogP contribution in [0.4, 0.5) is 0 Å². The summed E-state index contributed by atoms with van der Waals surface area (Å²) in [5, 5.41) is 6.32. The summed E-state index contributed by atoms with van der Waals surface area (Å²) < 4.78 is 5.11. The Morgan fingerprint density at radius 3 is 2.61 bits per heavy atom. The largest absolute Gasteiger partial charge is 0.466 e. The minimum absolute atomic E-state index is 0.319. The summed E-state index contributed by atoms with van der Waals surface area (Å²) in [6.45, 7) is 3.76. The van der Waals surface area contributed by atoms with Crippen molar-refractivity contribution >= 4 is 34.1 Å². The Labute approximate surface area is 172 Å². The van der Waals surface area contributed by atoms with Crippen LogP contribution in [0.15, 0.2) is 53.7 Å². The van der Waals surface area contributed by atoms with Crippen LogP contribution in [0.3, 0.4) is 0 Å². The van der Waals surface area contributed by atoms with Gasteiger partial charge in [0, 0.05) is 18.7 Å². The van der Waals surface area contributed by atoms with Crippen molar-refractivity contribution < 1.29 is 14.4 Å². The molecule has 6 heteroatoms. The summed E-state index contributed by atoms with van der Waals surface area (Å²) >= 11 is 5.65. The van der Waals surface area contributed by atoms with E-state index in [9.17, 15) is 4.79 Å². The Hall–Kier alpha value is -2.44. The molecule has 1 heterocycles. The van der Waals surface area contributed by atoms with Gasteiger partial charge in [0.1, 0.15) is 0 Å². The highest BCUT2D eigenvalue weighted by Crippen LogP contribution is 2.32. The van der Waals surface area contributed by atoms with Gasteiger partial charge < -0.3 is 19.9 Å². The molecule has 0 aliphatic carbocycles. The zero-order chi connectivity index (χ0) is 20.3. The number of esters is 1. The van der Waals surface area contributed by atoms with Crippen LogP contribution in [-0.2, 0) is 9.53 Å². The van der Waals surface area contributed by atoms with E-state index >= 15 is 0 Å². The maximum Gasteiger partial charge on any atom is 0.337 e. The minimum atomic E-state index is -0.325. The lowest BCUT2D eigenvalue weighted by Gasteiger charge is -2.37. The van der Waals surface area contributed by atoms with Crippen LogP contribution in [0.25, 0.3) is 10.8 Å². The van der Waals surface area contributed by atoms with Crippen molar-refractivity contribution in [3.8, 4) is 0 Å². The number of nitrogens with one attached hydrogen (secondary N) is 2. The van der Waals surface area contributed by atoms with Crippen molar-refractivity contribution in [2.45, 2.75) is 19.4 Å². The van der Waals surface area contributed by atoms with Crippen molar-refractivity contribution in [1.29, 1.82) is 0 Å². The summed E-state index contributed by atoms with van der Waals surface area (Å²) in [6, 6.07) is 14.1. The fourth-order valence-corrected chi connectivity index (χ4v) is 4.00. The van der Waals surface area contributed by atoms with Crippen LogP contribution < -0.4 is 10.2 Å². The summed E-state index contributed by atoms with van der Waals surface area (Å²) in [5.74, 6) is -0.325. The molecule has 1 aliphatic heterocycles. The third-order valence-corrected chi connectivity index (χ3v) is 5.51. The lowest BCUT2D eigenvalue weighted by molar-refractivity contribution is -0.858. The number of benzene rings is 2. The molecule has 1 atom stereocenters. The van der Waals surface area contributed by atoms with Gasteiger partial charge >= 0.3 is 5.97 Å². The third kappa shape index (κ3) is 4.18. The number of rotatable bonds is 6. The molecule has 2 N–H and O–H groups in total. The summed E-state index contributed by atoms with van der Waals surface area (Å²) in [6.07, 6.45) is 0.983. The molecule has 1 aliphatic rings. The van der Waals surface area contributed by atoms with E-state index in [0.29, 0.717) is 10.7 Å². The van der Waals surface area contributed by atoms with E-state index in [1.807, 2.05) is 30.0 Å². The molecule has 5 nitrogen and oxygen atoms in total. The van der Waals surface area contributed by atoms with E-state index in [1.165, 1.54) is 12.0 Å². The van der Waals surface area contributed by atoms with Gasteiger partial charge in [-0.1, -0.05) is 36.4 Å². The minimum Gasteiger partial charge on any atom is -0.466 e. The molecule has 0 unspecified atom stereocenters. The normalized spacial score (nSPS) is 17.2. The Morgan fingerprint density at radius 2 is 1.93 bits per heavy atom. The van der Waals surface area contributed by atoms with E-state index in [-0.39, 0.29) is 12.0 Å². The Kier molecular flexibility index (Phi) is 6.31. The molecule has 0 spiro atoms. The second-order valence-electron chi connectivity index (χ2n) is 7.44. The number of hydrogen-bond acceptors (Lipinski definition) is 3. The van der Waals surface area contributed by atoms with Gasteiger partial charge in [0.15, 0.2) is 5.11 Å². The lowest BCUT2D eigenvalue weighted by Crippen LogP contribution is -3.05. The highest BCUT2D eigenvalue weighted by atomic mass is 32.1. The summed E-state index contributed by atoms with van der Waals surface area (Å²) in [5.41, 5.74) is 2.48. The van der Waals surface area contributed by atoms with Crippen LogP contribution in [0.2, 0.25) is 0 Å². The Morgan fingerprint density at radius 1 is 1.21 bits per heavy atom. The highest BCUT2D eigenvalue weighted by molar-refractivity contribution is 7.80. The topological polar surface area (TPSA) is 46.0 Å². The van der Waals surface area contributed by atoms with E-state index in [4.69, 9.17) is 17.0 Å². The first-order valence-electron chi connectivity index (χ1n) is 9.57. The monoisotopic (exact) mass is 398 g/mol. The number of hydrogen-bond donors (Lipinski definition) is 2. The van der Waals surface area contributed by atoms with Crippen LogP contribution >= 0.6 is 12.2 Å². The van der Waals surface area contributed by atoms with Crippen molar-refractivity contribution in [3.63, 3.8) is 0 Å². The molecular formula is C22H28N3O2S+. The SMILES string of the molecule is COC(=O)C1=C(C)N(CCC[NH+](C)C)C(=S)N[C@H]1c1ccc2ccccc2c1. The molecule has 2 aromatic rings. The fraction of sp³-hybridized carbons (Fsp3) is 0.364. The zero-order valence-corrected chi connectivity index (χ0v) is 17.7. The molecule has 0 aromatic heterocycles. The quantitative estimate of drug-likeness (QED) is 0.576. The molecule has 0 radical (unpaired) electrons. The molecule has 0 saturated carbocycles. The van der Waals surface area contributed by atoms with Crippen LogP contribution in [-0.4, -0.2) is 50.3 Å². The van der Waals surface area contributed by atoms with E-state index in [1.54, 1.807) is 0 Å². The molecule has 0 amide bonds. The van der Waals surface area contributed by atoms with E-state index in [2.05, 4.69) is 43.7 Å². The smallest absolute Gasteiger partial charge is 0.337 e. The Bertz CT molecular complexity index is 923. The molecule has 0 bridgehead atoms. The maximum atomic E-state index is 12.7. The highest BCUT2D eigenvalue weighted by Gasteiger charge is 2.34. The van der Waals surface area contributed by atoms with Crippen molar-refractivity contribution in [3.05, 3.63) is 59.3 Å². The van der Waals surface area contributed by atoms with Gasteiger partial charge in [-0.05, 0) is 41.5 Å². The molecular weight excluding hydrogens is 370 g/mol. The first kappa shape index (κ1) is 20.3. The van der Waals surface area contributed by atoms with Crippen LogP contribution in [0.1, 0.15) is 24.9 Å². The second-order valence-corrected chi connectivity index (χ2v) is 7.83. The number of methoxy groups -OCH3 is 1. The van der Waals surface area contributed by atoms with Gasteiger partial charge in [-0.2, -0.15) is 0 Å². The third-order valence-electron chi connectivity index (χ3n) is 5.17. The summed E-state index contributed by atoms with van der Waals surface area (Å²) in [7, 11) is 5.68. The van der Waals surface area contributed by atoms with Gasteiger partial charge in [0.2, 0.25) is 0 Å².